The van der Waals surface area contributed by atoms with E-state index in [1.807, 2.05) is 0 Å². The average Bonchev–Trinajstić information content (AvgIpc) is 2.81. The normalized spacial score (nSPS) is 9.93. The van der Waals surface area contributed by atoms with Crippen LogP contribution < -0.4 is 4.74 Å². The molecule has 15 heavy (non-hydrogen) atoms. The predicted molar refractivity (Wildman–Crippen MR) is 55.5 cm³/mol. The van der Waals surface area contributed by atoms with Crippen LogP contribution in [-0.2, 0) is 0 Å². The molecule has 4 heteroatoms. The number of carbonyl (C=O) groups is 1. The van der Waals surface area contributed by atoms with Gasteiger partial charge >= 0.3 is 0 Å². The summed E-state index contributed by atoms with van der Waals surface area (Å²) in [4.78, 5) is 10.9. The molecule has 0 radical (unpaired) electrons. The Morgan fingerprint density at radius 3 is 2.93 bits per heavy atom. The highest BCUT2D eigenvalue weighted by atomic mass is 16.5. The monoisotopic (exact) mass is 202 g/mol. The Labute approximate surface area is 87.1 Å². The number of hydrogen-bond acceptors (Lipinski definition) is 3. The molecule has 0 saturated heterocycles. The van der Waals surface area contributed by atoms with Crippen LogP contribution in [0, 0.1) is 0 Å². The largest absolute Gasteiger partial charge is 0.497 e. The van der Waals surface area contributed by atoms with Gasteiger partial charge in [0.2, 0.25) is 0 Å². The van der Waals surface area contributed by atoms with Crippen LogP contribution in [0.25, 0.3) is 5.69 Å². The molecule has 2 aromatic rings. The van der Waals surface area contributed by atoms with Crippen LogP contribution >= 0.6 is 0 Å². The van der Waals surface area contributed by atoms with Crippen molar-refractivity contribution in [2.75, 3.05) is 7.11 Å². The average molecular weight is 202 g/mol. The lowest BCUT2D eigenvalue weighted by molar-refractivity contribution is 0.112. The fourth-order valence-electron chi connectivity index (χ4n) is 1.37. The Hall–Kier alpha value is -2.10. The third-order valence-electron chi connectivity index (χ3n) is 2.11. The van der Waals surface area contributed by atoms with Gasteiger partial charge in [0.25, 0.3) is 0 Å². The van der Waals surface area contributed by atoms with Crippen LogP contribution in [0.3, 0.4) is 0 Å². The Morgan fingerprint density at radius 1 is 1.47 bits per heavy atom. The lowest BCUT2D eigenvalue weighted by atomic mass is 10.2. The molecule has 0 amide bonds. The van der Waals surface area contributed by atoms with Gasteiger partial charge in [-0.2, -0.15) is 5.10 Å². The first kappa shape index (κ1) is 9.45. The second kappa shape index (κ2) is 3.96. The van der Waals surface area contributed by atoms with Crippen molar-refractivity contribution in [2.24, 2.45) is 0 Å². The molecule has 1 heterocycles. The maximum Gasteiger partial charge on any atom is 0.152 e. The highest BCUT2D eigenvalue weighted by molar-refractivity contribution is 5.81. The van der Waals surface area contributed by atoms with Gasteiger partial charge < -0.3 is 4.74 Å². The van der Waals surface area contributed by atoms with Crippen molar-refractivity contribution in [1.82, 2.24) is 9.78 Å². The van der Waals surface area contributed by atoms with E-state index < -0.39 is 0 Å². The summed E-state index contributed by atoms with van der Waals surface area (Å²) in [5.41, 5.74) is 1.30. The molecule has 0 fully saturated rings. The number of carbonyl (C=O) groups excluding carboxylic acids is 1. The Balaban J connectivity index is 2.52. The number of aldehydes is 1. The molecule has 0 atom stereocenters. The molecule has 0 saturated carbocycles. The minimum absolute atomic E-state index is 0.554. The van der Waals surface area contributed by atoms with Crippen molar-refractivity contribution in [1.29, 1.82) is 0 Å². The van der Waals surface area contributed by atoms with Crippen molar-refractivity contribution in [3.05, 3.63) is 42.2 Å². The molecule has 0 unspecified atom stereocenters. The minimum Gasteiger partial charge on any atom is -0.497 e. The fraction of sp³-hybridized carbons (Fsp3) is 0.0909. The van der Waals surface area contributed by atoms with E-state index in [0.29, 0.717) is 11.3 Å². The zero-order valence-electron chi connectivity index (χ0n) is 8.25. The van der Waals surface area contributed by atoms with Gasteiger partial charge in [0.15, 0.2) is 6.29 Å². The quantitative estimate of drug-likeness (QED) is 0.711. The number of aromatic nitrogens is 2. The van der Waals surface area contributed by atoms with E-state index in [2.05, 4.69) is 5.10 Å². The molecule has 0 N–H and O–H groups in total. The molecule has 2 rings (SSSR count). The smallest absolute Gasteiger partial charge is 0.152 e. The molecular weight excluding hydrogens is 192 g/mol. The lowest BCUT2D eigenvalue weighted by Gasteiger charge is -2.06. The number of nitrogens with zero attached hydrogens (tertiary/aromatic N) is 2. The van der Waals surface area contributed by atoms with Gasteiger partial charge in [-0.1, -0.05) is 0 Å². The van der Waals surface area contributed by atoms with E-state index in [1.54, 1.807) is 48.5 Å². The van der Waals surface area contributed by atoms with Gasteiger partial charge in [-0.25, -0.2) is 4.68 Å². The van der Waals surface area contributed by atoms with Gasteiger partial charge in [0.05, 0.1) is 12.8 Å². The topological polar surface area (TPSA) is 44.1 Å². The number of benzene rings is 1. The van der Waals surface area contributed by atoms with Crippen LogP contribution in [0.1, 0.15) is 10.4 Å². The van der Waals surface area contributed by atoms with Gasteiger partial charge in [-0.05, 0) is 24.3 Å². The first-order valence-electron chi connectivity index (χ1n) is 4.48. The molecule has 76 valence electrons. The van der Waals surface area contributed by atoms with E-state index in [4.69, 9.17) is 4.74 Å². The summed E-state index contributed by atoms with van der Waals surface area (Å²) in [6, 6.07) is 7.09. The van der Waals surface area contributed by atoms with Gasteiger partial charge in [0.1, 0.15) is 5.75 Å². The summed E-state index contributed by atoms with van der Waals surface area (Å²) in [7, 11) is 1.57. The maximum absolute atomic E-state index is 10.9. The first-order chi connectivity index (χ1) is 7.35. The van der Waals surface area contributed by atoms with E-state index >= 15 is 0 Å². The van der Waals surface area contributed by atoms with Crippen molar-refractivity contribution in [3.63, 3.8) is 0 Å². The summed E-state index contributed by atoms with van der Waals surface area (Å²) in [5.74, 6) is 0.660. The molecule has 0 spiro atoms. The number of hydrogen-bond donors (Lipinski definition) is 0. The molecule has 0 aliphatic carbocycles. The van der Waals surface area contributed by atoms with Crippen molar-refractivity contribution >= 4 is 6.29 Å². The lowest BCUT2D eigenvalue weighted by Crippen LogP contribution is -1.99. The van der Waals surface area contributed by atoms with Crippen LogP contribution in [-0.4, -0.2) is 23.2 Å². The third kappa shape index (κ3) is 1.74. The molecule has 4 nitrogen and oxygen atoms in total. The molecule has 0 bridgehead atoms. The van der Waals surface area contributed by atoms with Crippen molar-refractivity contribution in [2.45, 2.75) is 0 Å². The minimum atomic E-state index is 0.554. The van der Waals surface area contributed by atoms with E-state index in [1.165, 1.54) is 0 Å². The zero-order chi connectivity index (χ0) is 10.7. The van der Waals surface area contributed by atoms with Gasteiger partial charge in [-0.15, -0.1) is 0 Å². The summed E-state index contributed by atoms with van der Waals surface area (Å²) in [5, 5.41) is 4.07. The molecule has 1 aromatic carbocycles. The van der Waals surface area contributed by atoms with Gasteiger partial charge in [0, 0.05) is 18.0 Å². The second-order valence-electron chi connectivity index (χ2n) is 2.99. The molecule has 0 aliphatic rings. The molecule has 1 aromatic heterocycles. The zero-order valence-corrected chi connectivity index (χ0v) is 8.25. The Bertz CT molecular complexity index is 463. The Morgan fingerprint density at radius 2 is 2.33 bits per heavy atom. The molecule has 0 aliphatic heterocycles. The van der Waals surface area contributed by atoms with Crippen LogP contribution in [0.2, 0.25) is 0 Å². The molecular formula is C11H10N2O2. The second-order valence-corrected chi connectivity index (χ2v) is 2.99. The highest BCUT2D eigenvalue weighted by Crippen LogP contribution is 2.18. The van der Waals surface area contributed by atoms with E-state index in [9.17, 15) is 4.79 Å². The standard InChI is InChI=1S/C11H10N2O2/c1-15-10-3-4-11(9(7-10)8-14)13-6-2-5-12-13/h2-8H,1H3. The third-order valence-corrected chi connectivity index (χ3v) is 2.11. The van der Waals surface area contributed by atoms with Crippen LogP contribution in [0.5, 0.6) is 5.75 Å². The maximum atomic E-state index is 10.9. The summed E-state index contributed by atoms with van der Waals surface area (Å²) < 4.78 is 6.68. The fourth-order valence-corrected chi connectivity index (χ4v) is 1.37. The Kier molecular flexibility index (Phi) is 2.49. The van der Waals surface area contributed by atoms with Crippen LogP contribution in [0.4, 0.5) is 0 Å². The highest BCUT2D eigenvalue weighted by Gasteiger charge is 2.05. The first-order valence-corrected chi connectivity index (χ1v) is 4.48. The van der Waals surface area contributed by atoms with Gasteiger partial charge in [-0.3, -0.25) is 4.79 Å². The predicted octanol–water partition coefficient (Wildman–Crippen LogP) is 1.69. The summed E-state index contributed by atoms with van der Waals surface area (Å²) >= 11 is 0. The van der Waals surface area contributed by atoms with E-state index in [0.717, 1.165) is 12.0 Å². The number of rotatable bonds is 3. The van der Waals surface area contributed by atoms with Crippen molar-refractivity contribution < 1.29 is 9.53 Å². The summed E-state index contributed by atoms with van der Waals surface area (Å²) in [6.07, 6.45) is 4.24. The van der Waals surface area contributed by atoms with Crippen molar-refractivity contribution in [3.8, 4) is 11.4 Å². The number of methoxy groups -OCH3 is 1. The summed E-state index contributed by atoms with van der Waals surface area (Å²) in [6.45, 7) is 0. The van der Waals surface area contributed by atoms with E-state index in [-0.39, 0.29) is 0 Å². The SMILES string of the molecule is COc1ccc(-n2cccn2)c(C=O)c1. The number of ether oxygens (including phenoxy) is 1. The van der Waals surface area contributed by atoms with Crippen LogP contribution in [0.15, 0.2) is 36.7 Å².